The minimum absolute atomic E-state index is 0.261. The Bertz CT molecular complexity index is 387. The van der Waals surface area contributed by atoms with Crippen molar-refractivity contribution in [1.29, 1.82) is 0 Å². The SMILES string of the molecule is COCC[C@@H]1CN(Cc2cccnc2OC)CCO1. The van der Waals surface area contributed by atoms with E-state index >= 15 is 0 Å². The molecule has 1 atom stereocenters. The van der Waals surface area contributed by atoms with Crippen molar-refractivity contribution in [3.8, 4) is 5.88 Å². The van der Waals surface area contributed by atoms with Crippen molar-refractivity contribution in [2.24, 2.45) is 0 Å². The lowest BCUT2D eigenvalue weighted by Gasteiger charge is -2.33. The summed E-state index contributed by atoms with van der Waals surface area (Å²) in [6, 6.07) is 4.01. The van der Waals surface area contributed by atoms with Gasteiger partial charge in [0.1, 0.15) is 0 Å². The summed E-state index contributed by atoms with van der Waals surface area (Å²) in [5, 5.41) is 0. The minimum Gasteiger partial charge on any atom is -0.481 e. The average Bonchev–Trinajstić information content (AvgIpc) is 2.46. The van der Waals surface area contributed by atoms with Crippen LogP contribution < -0.4 is 4.74 Å². The van der Waals surface area contributed by atoms with Crippen molar-refractivity contribution < 1.29 is 14.2 Å². The maximum Gasteiger partial charge on any atom is 0.217 e. The number of morpholine rings is 1. The van der Waals surface area contributed by atoms with Crippen LogP contribution in [-0.2, 0) is 16.0 Å². The lowest BCUT2D eigenvalue weighted by atomic mass is 10.2. The quantitative estimate of drug-likeness (QED) is 0.777. The molecule has 0 aromatic carbocycles. The molecule has 1 fully saturated rings. The van der Waals surface area contributed by atoms with Gasteiger partial charge in [-0.1, -0.05) is 6.07 Å². The van der Waals surface area contributed by atoms with Crippen LogP contribution in [0.4, 0.5) is 0 Å². The lowest BCUT2D eigenvalue weighted by molar-refractivity contribution is -0.0434. The van der Waals surface area contributed by atoms with Gasteiger partial charge in [-0.05, 0) is 12.5 Å². The van der Waals surface area contributed by atoms with Crippen molar-refractivity contribution in [2.75, 3.05) is 40.5 Å². The molecule has 1 aliphatic heterocycles. The van der Waals surface area contributed by atoms with Crippen LogP contribution in [0.2, 0.25) is 0 Å². The molecule has 5 heteroatoms. The van der Waals surface area contributed by atoms with Gasteiger partial charge in [0.05, 0.1) is 19.8 Å². The summed E-state index contributed by atoms with van der Waals surface area (Å²) in [4.78, 5) is 6.61. The van der Waals surface area contributed by atoms with Gasteiger partial charge in [0.2, 0.25) is 5.88 Å². The largest absolute Gasteiger partial charge is 0.481 e. The standard InChI is InChI=1S/C14H22N2O3/c1-17-8-5-13-11-16(7-9-19-13)10-12-4-3-6-15-14(12)18-2/h3-4,6,13H,5,7-11H2,1-2H3/t13-/m1/s1. The van der Waals surface area contributed by atoms with Crippen LogP contribution in [0, 0.1) is 0 Å². The Labute approximate surface area is 114 Å². The second-order valence-electron chi connectivity index (χ2n) is 4.68. The van der Waals surface area contributed by atoms with Gasteiger partial charge in [-0.2, -0.15) is 0 Å². The zero-order valence-electron chi connectivity index (χ0n) is 11.7. The number of aromatic nitrogens is 1. The van der Waals surface area contributed by atoms with E-state index < -0.39 is 0 Å². The summed E-state index contributed by atoms with van der Waals surface area (Å²) < 4.78 is 16.1. The van der Waals surface area contributed by atoms with Crippen LogP contribution in [0.25, 0.3) is 0 Å². The molecule has 0 saturated carbocycles. The molecule has 0 amide bonds. The van der Waals surface area contributed by atoms with Crippen LogP contribution >= 0.6 is 0 Å². The number of rotatable bonds is 6. The first-order chi connectivity index (χ1) is 9.33. The van der Waals surface area contributed by atoms with Crippen LogP contribution in [0.1, 0.15) is 12.0 Å². The van der Waals surface area contributed by atoms with Crippen LogP contribution in [0.3, 0.4) is 0 Å². The molecule has 0 radical (unpaired) electrons. The maximum absolute atomic E-state index is 5.74. The molecular formula is C14H22N2O3. The van der Waals surface area contributed by atoms with Gasteiger partial charge in [-0.15, -0.1) is 0 Å². The molecule has 1 aliphatic rings. The number of hydrogen-bond donors (Lipinski definition) is 0. The second kappa shape index (κ2) is 7.43. The second-order valence-corrected chi connectivity index (χ2v) is 4.68. The van der Waals surface area contributed by atoms with Crippen molar-refractivity contribution >= 4 is 0 Å². The Hall–Kier alpha value is -1.17. The molecule has 0 spiro atoms. The Morgan fingerprint density at radius 2 is 2.37 bits per heavy atom. The highest BCUT2D eigenvalue weighted by molar-refractivity contribution is 5.25. The fourth-order valence-corrected chi connectivity index (χ4v) is 2.32. The molecule has 106 valence electrons. The van der Waals surface area contributed by atoms with E-state index in [4.69, 9.17) is 14.2 Å². The summed E-state index contributed by atoms with van der Waals surface area (Å²) >= 11 is 0. The first-order valence-electron chi connectivity index (χ1n) is 6.64. The van der Waals surface area contributed by atoms with Gasteiger partial charge in [0.15, 0.2) is 0 Å². The maximum atomic E-state index is 5.74. The monoisotopic (exact) mass is 266 g/mol. The average molecular weight is 266 g/mol. The molecule has 1 saturated heterocycles. The molecule has 0 N–H and O–H groups in total. The summed E-state index contributed by atoms with van der Waals surface area (Å²) in [6.45, 7) is 4.25. The first-order valence-corrected chi connectivity index (χ1v) is 6.64. The smallest absolute Gasteiger partial charge is 0.217 e. The zero-order valence-corrected chi connectivity index (χ0v) is 11.7. The summed E-state index contributed by atoms with van der Waals surface area (Å²) in [6.07, 6.45) is 2.96. The summed E-state index contributed by atoms with van der Waals surface area (Å²) in [5.41, 5.74) is 1.12. The third-order valence-electron chi connectivity index (χ3n) is 3.30. The Kier molecular flexibility index (Phi) is 5.57. The normalized spacial score (nSPS) is 20.4. The molecule has 0 bridgehead atoms. The summed E-state index contributed by atoms with van der Waals surface area (Å²) in [7, 11) is 3.38. The van der Waals surface area contributed by atoms with E-state index in [0.29, 0.717) is 5.88 Å². The topological polar surface area (TPSA) is 43.8 Å². The molecule has 1 aromatic heterocycles. The third-order valence-corrected chi connectivity index (χ3v) is 3.30. The van der Waals surface area contributed by atoms with Gasteiger partial charge >= 0.3 is 0 Å². The molecule has 2 heterocycles. The van der Waals surface area contributed by atoms with E-state index in [1.54, 1.807) is 20.4 Å². The Morgan fingerprint density at radius 3 is 3.16 bits per heavy atom. The molecule has 19 heavy (non-hydrogen) atoms. The van der Waals surface area contributed by atoms with E-state index in [2.05, 4.69) is 16.0 Å². The molecule has 0 aliphatic carbocycles. The van der Waals surface area contributed by atoms with E-state index in [-0.39, 0.29) is 6.10 Å². The van der Waals surface area contributed by atoms with E-state index in [9.17, 15) is 0 Å². The van der Waals surface area contributed by atoms with Gasteiger partial charge in [-0.25, -0.2) is 4.98 Å². The molecular weight excluding hydrogens is 244 g/mol. The van der Waals surface area contributed by atoms with Gasteiger partial charge in [-0.3, -0.25) is 4.90 Å². The molecule has 5 nitrogen and oxygen atoms in total. The van der Waals surface area contributed by atoms with E-state index in [1.807, 2.05) is 6.07 Å². The molecule has 2 rings (SSSR count). The zero-order chi connectivity index (χ0) is 13.5. The fraction of sp³-hybridized carbons (Fsp3) is 0.643. The van der Waals surface area contributed by atoms with Crippen molar-refractivity contribution in [3.05, 3.63) is 23.9 Å². The first kappa shape index (κ1) is 14.2. The molecule has 0 unspecified atom stereocenters. The number of ether oxygens (including phenoxy) is 3. The van der Waals surface area contributed by atoms with E-state index in [1.165, 1.54) is 0 Å². The van der Waals surface area contributed by atoms with Crippen molar-refractivity contribution in [1.82, 2.24) is 9.88 Å². The van der Waals surface area contributed by atoms with Crippen molar-refractivity contribution in [2.45, 2.75) is 19.1 Å². The van der Waals surface area contributed by atoms with E-state index in [0.717, 1.165) is 44.8 Å². The lowest BCUT2D eigenvalue weighted by Crippen LogP contribution is -2.42. The number of pyridine rings is 1. The Balaban J connectivity index is 1.91. The fourth-order valence-electron chi connectivity index (χ4n) is 2.32. The van der Waals surface area contributed by atoms with Gasteiger partial charge < -0.3 is 14.2 Å². The number of methoxy groups -OCH3 is 2. The highest BCUT2D eigenvalue weighted by atomic mass is 16.5. The highest BCUT2D eigenvalue weighted by Gasteiger charge is 2.21. The summed E-state index contributed by atoms with van der Waals surface area (Å²) in [5.74, 6) is 0.711. The predicted octanol–water partition coefficient (Wildman–Crippen LogP) is 1.33. The van der Waals surface area contributed by atoms with Crippen LogP contribution in [0.5, 0.6) is 5.88 Å². The number of hydrogen-bond acceptors (Lipinski definition) is 5. The minimum atomic E-state index is 0.261. The van der Waals surface area contributed by atoms with Crippen molar-refractivity contribution in [3.63, 3.8) is 0 Å². The predicted molar refractivity (Wildman–Crippen MR) is 72.3 cm³/mol. The van der Waals surface area contributed by atoms with Crippen LogP contribution in [0.15, 0.2) is 18.3 Å². The molecule has 1 aromatic rings. The van der Waals surface area contributed by atoms with Gasteiger partial charge in [0.25, 0.3) is 0 Å². The van der Waals surface area contributed by atoms with Crippen LogP contribution in [-0.4, -0.2) is 56.5 Å². The highest BCUT2D eigenvalue weighted by Crippen LogP contribution is 2.18. The third kappa shape index (κ3) is 4.16. The number of nitrogens with zero attached hydrogens (tertiary/aromatic N) is 2. The Morgan fingerprint density at radius 1 is 1.47 bits per heavy atom. The van der Waals surface area contributed by atoms with Gasteiger partial charge in [0, 0.05) is 45.1 Å².